The van der Waals surface area contributed by atoms with Crippen molar-refractivity contribution in [2.24, 2.45) is 5.84 Å². The molecule has 98 valence electrons. The molecule has 0 fully saturated rings. The first-order valence-electron chi connectivity index (χ1n) is 5.61. The lowest BCUT2D eigenvalue weighted by atomic mass is 10.2. The largest absolute Gasteiger partial charge is 0.324 e. The Hall–Kier alpha value is -2.05. The summed E-state index contributed by atoms with van der Waals surface area (Å²) in [5.74, 6) is 5.03. The van der Waals surface area contributed by atoms with E-state index in [2.05, 4.69) is 15.7 Å². The third kappa shape index (κ3) is 3.46. The van der Waals surface area contributed by atoms with Crippen LogP contribution in [-0.2, 0) is 0 Å². The maximum atomic E-state index is 12.0. The van der Waals surface area contributed by atoms with Gasteiger partial charge in [-0.05, 0) is 36.6 Å². The Bertz CT molecular complexity index is 588. The van der Waals surface area contributed by atoms with Gasteiger partial charge in [0.15, 0.2) is 0 Å². The van der Waals surface area contributed by atoms with Crippen LogP contribution in [0.3, 0.4) is 0 Å². The monoisotopic (exact) mass is 274 g/mol. The average Bonchev–Trinajstić information content (AvgIpc) is 2.47. The zero-order chi connectivity index (χ0) is 13.7. The fourth-order valence-electron chi connectivity index (χ4n) is 1.54. The van der Waals surface area contributed by atoms with Crippen LogP contribution in [0.2, 0.25) is 0 Å². The molecule has 19 heavy (non-hydrogen) atoms. The van der Waals surface area contributed by atoms with Crippen molar-refractivity contribution < 1.29 is 4.79 Å². The highest BCUT2D eigenvalue weighted by Gasteiger charge is 2.08. The molecule has 0 bridgehead atoms. The predicted octanol–water partition coefficient (Wildman–Crippen LogP) is 2.34. The topological polar surface area (TPSA) is 80.0 Å². The molecule has 1 amide bonds. The van der Waals surface area contributed by atoms with Crippen LogP contribution in [0.4, 0.5) is 11.4 Å². The van der Waals surface area contributed by atoms with Crippen LogP contribution < -0.4 is 16.6 Å². The summed E-state index contributed by atoms with van der Waals surface area (Å²) in [6, 6.07) is 10.9. The second-order valence-electron chi connectivity index (χ2n) is 3.76. The van der Waals surface area contributed by atoms with Gasteiger partial charge < -0.3 is 10.7 Å². The van der Waals surface area contributed by atoms with Gasteiger partial charge in [0.2, 0.25) is 0 Å². The first kappa shape index (κ1) is 13.4. The van der Waals surface area contributed by atoms with Gasteiger partial charge in [0, 0.05) is 16.8 Å². The predicted molar refractivity (Wildman–Crippen MR) is 78.2 cm³/mol. The van der Waals surface area contributed by atoms with Crippen molar-refractivity contribution in [3.63, 3.8) is 0 Å². The van der Waals surface area contributed by atoms with Crippen LogP contribution in [0.5, 0.6) is 0 Å². The third-order valence-corrected chi connectivity index (χ3v) is 3.21. The molecule has 0 saturated carbocycles. The molecule has 0 saturated heterocycles. The number of anilines is 2. The first-order valence-corrected chi connectivity index (χ1v) is 6.83. The van der Waals surface area contributed by atoms with E-state index in [4.69, 9.17) is 5.84 Å². The molecule has 1 aromatic heterocycles. The number of nitrogens with two attached hydrogens (primary N) is 1. The highest BCUT2D eigenvalue weighted by molar-refractivity contribution is 7.98. The van der Waals surface area contributed by atoms with Crippen molar-refractivity contribution in [3.8, 4) is 0 Å². The van der Waals surface area contributed by atoms with Crippen LogP contribution >= 0.6 is 11.8 Å². The number of carbonyl (C=O) groups is 1. The van der Waals surface area contributed by atoms with Crippen molar-refractivity contribution in [3.05, 3.63) is 48.3 Å². The number of thioether (sulfide) groups is 1. The quantitative estimate of drug-likeness (QED) is 0.453. The third-order valence-electron chi connectivity index (χ3n) is 2.49. The van der Waals surface area contributed by atoms with Gasteiger partial charge in [0.1, 0.15) is 5.69 Å². The van der Waals surface area contributed by atoms with Gasteiger partial charge in [-0.25, -0.2) is 0 Å². The number of nitrogens with zero attached hydrogens (tertiary/aromatic N) is 1. The molecule has 0 radical (unpaired) electrons. The summed E-state index contributed by atoms with van der Waals surface area (Å²) >= 11 is 1.62. The molecule has 5 nitrogen and oxygen atoms in total. The molecule has 2 rings (SSSR count). The molecule has 1 heterocycles. The molecule has 1 aromatic carbocycles. The zero-order valence-electron chi connectivity index (χ0n) is 10.4. The van der Waals surface area contributed by atoms with Gasteiger partial charge in [-0.15, -0.1) is 11.8 Å². The molecule has 0 atom stereocenters. The smallest absolute Gasteiger partial charge is 0.274 e. The Morgan fingerprint density at radius 1 is 1.26 bits per heavy atom. The van der Waals surface area contributed by atoms with Gasteiger partial charge in [-0.1, -0.05) is 6.07 Å². The van der Waals surface area contributed by atoms with Gasteiger partial charge >= 0.3 is 0 Å². The standard InChI is InChI=1S/C13H14N4OS/c1-19-11-4-2-3-9(7-11)16-13(18)12-8-10(17-14)5-6-15-12/h2-8H,14H2,1H3,(H,15,17)(H,16,18). The Morgan fingerprint density at radius 2 is 2.11 bits per heavy atom. The lowest BCUT2D eigenvalue weighted by molar-refractivity contribution is 0.102. The van der Waals surface area contributed by atoms with E-state index in [0.717, 1.165) is 10.6 Å². The van der Waals surface area contributed by atoms with Gasteiger partial charge in [0.05, 0.1) is 5.69 Å². The summed E-state index contributed by atoms with van der Waals surface area (Å²) in [5, 5.41) is 2.80. The van der Waals surface area contributed by atoms with Crippen molar-refractivity contribution in [2.75, 3.05) is 17.0 Å². The molecule has 0 aliphatic heterocycles. The van der Waals surface area contributed by atoms with Crippen LogP contribution in [0, 0.1) is 0 Å². The molecule has 0 spiro atoms. The van der Waals surface area contributed by atoms with E-state index in [0.29, 0.717) is 11.4 Å². The van der Waals surface area contributed by atoms with Crippen molar-refractivity contribution >= 4 is 29.0 Å². The molecule has 2 aromatic rings. The van der Waals surface area contributed by atoms with Crippen LogP contribution in [0.25, 0.3) is 0 Å². The normalized spacial score (nSPS) is 10.0. The molecular formula is C13H14N4OS. The van der Waals surface area contributed by atoms with Gasteiger partial charge in [0.25, 0.3) is 5.91 Å². The summed E-state index contributed by atoms with van der Waals surface area (Å²) in [7, 11) is 0. The maximum absolute atomic E-state index is 12.0. The summed E-state index contributed by atoms with van der Waals surface area (Å²) in [6.45, 7) is 0. The second-order valence-corrected chi connectivity index (χ2v) is 4.64. The summed E-state index contributed by atoms with van der Waals surface area (Å²) in [5.41, 5.74) is 4.17. The molecule has 0 aliphatic rings. The zero-order valence-corrected chi connectivity index (χ0v) is 11.2. The van der Waals surface area contributed by atoms with Gasteiger partial charge in [-0.3, -0.25) is 15.6 Å². The minimum atomic E-state index is -0.268. The maximum Gasteiger partial charge on any atom is 0.274 e. The number of nitrogen functional groups attached to an aromatic ring is 1. The van der Waals surface area contributed by atoms with Crippen molar-refractivity contribution in [1.29, 1.82) is 0 Å². The van der Waals surface area contributed by atoms with Crippen LogP contribution in [0.1, 0.15) is 10.5 Å². The number of hydrogen-bond acceptors (Lipinski definition) is 5. The Labute approximate surface area is 115 Å². The van der Waals surface area contributed by atoms with E-state index in [1.165, 1.54) is 6.20 Å². The van der Waals surface area contributed by atoms with Crippen LogP contribution in [0.15, 0.2) is 47.5 Å². The van der Waals surface area contributed by atoms with E-state index in [1.807, 2.05) is 30.5 Å². The number of pyridine rings is 1. The van der Waals surface area contributed by atoms with Crippen LogP contribution in [-0.4, -0.2) is 17.1 Å². The van der Waals surface area contributed by atoms with Gasteiger partial charge in [-0.2, -0.15) is 0 Å². The molecule has 0 unspecified atom stereocenters. The molecule has 4 N–H and O–H groups in total. The molecular weight excluding hydrogens is 260 g/mol. The number of hydrazine groups is 1. The Balaban J connectivity index is 2.15. The highest BCUT2D eigenvalue weighted by Crippen LogP contribution is 2.19. The lowest BCUT2D eigenvalue weighted by Gasteiger charge is -2.07. The summed E-state index contributed by atoms with van der Waals surface area (Å²) in [6.07, 6.45) is 3.52. The molecule has 6 heteroatoms. The minimum Gasteiger partial charge on any atom is -0.324 e. The summed E-state index contributed by atoms with van der Waals surface area (Å²) < 4.78 is 0. The Morgan fingerprint density at radius 3 is 2.84 bits per heavy atom. The minimum absolute atomic E-state index is 0.268. The number of carbonyl (C=O) groups excluding carboxylic acids is 1. The first-order chi connectivity index (χ1) is 9.22. The number of nitrogens with one attached hydrogen (secondary N) is 2. The highest BCUT2D eigenvalue weighted by atomic mass is 32.2. The van der Waals surface area contributed by atoms with Crippen molar-refractivity contribution in [2.45, 2.75) is 4.90 Å². The second kappa shape index (κ2) is 6.21. The summed E-state index contributed by atoms with van der Waals surface area (Å²) in [4.78, 5) is 17.1. The van der Waals surface area contributed by atoms with E-state index in [-0.39, 0.29) is 5.91 Å². The average molecular weight is 274 g/mol. The fraction of sp³-hybridized carbons (Fsp3) is 0.0769. The lowest BCUT2D eigenvalue weighted by Crippen LogP contribution is -2.15. The number of amides is 1. The fourth-order valence-corrected chi connectivity index (χ4v) is 2.00. The molecule has 0 aliphatic carbocycles. The van der Waals surface area contributed by atoms with Crippen molar-refractivity contribution in [1.82, 2.24) is 4.98 Å². The number of aromatic nitrogens is 1. The van der Waals surface area contributed by atoms with E-state index in [9.17, 15) is 4.79 Å². The number of benzene rings is 1. The van der Waals surface area contributed by atoms with E-state index < -0.39 is 0 Å². The SMILES string of the molecule is CSc1cccc(NC(=O)c2cc(NN)ccn2)c1. The number of hydrogen-bond donors (Lipinski definition) is 3. The van der Waals surface area contributed by atoms with E-state index >= 15 is 0 Å². The Kier molecular flexibility index (Phi) is 4.38. The van der Waals surface area contributed by atoms with E-state index in [1.54, 1.807) is 23.9 Å². The number of rotatable bonds is 4.